The van der Waals surface area contributed by atoms with Crippen molar-refractivity contribution in [2.24, 2.45) is 0 Å². The smallest absolute Gasteiger partial charge is 0.296 e. The molecule has 2 aromatic heterocycles. The first-order chi connectivity index (χ1) is 19.4. The molecule has 212 valence electrons. The zero-order chi connectivity index (χ0) is 28.2. The molecular formula is C31H29ClF2N4O3. The van der Waals surface area contributed by atoms with Gasteiger partial charge in [-0.25, -0.2) is 18.6 Å². The number of aromatic nitrogens is 4. The molecule has 2 heterocycles. The Morgan fingerprint density at radius 3 is 2.22 bits per heavy atom. The molecule has 0 saturated heterocycles. The maximum absolute atomic E-state index is 14.4. The molecule has 0 unspecified atom stereocenters. The SMILES string of the molecule is CCCCc1nc(C)n(Cc2c(F)cccc2F)c(=O)c1Cc1ccc(-c2ccccc2-c2noc(=O)[nH]2)cc1.Cl. The van der Waals surface area contributed by atoms with Gasteiger partial charge in [-0.05, 0) is 48.6 Å². The van der Waals surface area contributed by atoms with Crippen molar-refractivity contribution in [2.45, 2.75) is 46.1 Å². The highest BCUT2D eigenvalue weighted by Crippen LogP contribution is 2.30. The molecular weight excluding hydrogens is 550 g/mol. The van der Waals surface area contributed by atoms with Gasteiger partial charge in [-0.3, -0.25) is 18.9 Å². The van der Waals surface area contributed by atoms with Crippen LogP contribution >= 0.6 is 12.4 Å². The maximum Gasteiger partial charge on any atom is 0.439 e. The van der Waals surface area contributed by atoms with Crippen LogP contribution in [0.4, 0.5) is 8.78 Å². The number of unbranched alkanes of at least 4 members (excludes halogenated alkanes) is 1. The summed E-state index contributed by atoms with van der Waals surface area (Å²) in [6.45, 7) is 3.52. The summed E-state index contributed by atoms with van der Waals surface area (Å²) < 4.78 is 34.8. The summed E-state index contributed by atoms with van der Waals surface area (Å²) in [7, 11) is 0. The van der Waals surface area contributed by atoms with Crippen LogP contribution in [0.2, 0.25) is 0 Å². The van der Waals surface area contributed by atoms with Gasteiger partial charge in [-0.1, -0.05) is 73.1 Å². The number of benzene rings is 3. The first-order valence-corrected chi connectivity index (χ1v) is 13.1. The molecule has 41 heavy (non-hydrogen) atoms. The van der Waals surface area contributed by atoms with Gasteiger partial charge in [0, 0.05) is 23.1 Å². The second-order valence-corrected chi connectivity index (χ2v) is 9.64. The van der Waals surface area contributed by atoms with Gasteiger partial charge < -0.3 is 0 Å². The lowest BCUT2D eigenvalue weighted by Gasteiger charge is -2.16. The van der Waals surface area contributed by atoms with Crippen LogP contribution in [0, 0.1) is 18.6 Å². The fraction of sp³-hybridized carbons (Fsp3) is 0.226. The average Bonchev–Trinajstić information content (AvgIpc) is 3.39. The summed E-state index contributed by atoms with van der Waals surface area (Å²) in [6.07, 6.45) is 2.76. The van der Waals surface area contributed by atoms with Crippen LogP contribution in [-0.4, -0.2) is 19.7 Å². The molecule has 0 atom stereocenters. The molecule has 0 fully saturated rings. The van der Waals surface area contributed by atoms with Gasteiger partial charge in [0.2, 0.25) is 0 Å². The number of halogens is 3. The molecule has 3 aromatic carbocycles. The molecule has 0 aliphatic carbocycles. The van der Waals surface area contributed by atoms with E-state index in [2.05, 4.69) is 21.6 Å². The van der Waals surface area contributed by atoms with Crippen molar-refractivity contribution < 1.29 is 13.3 Å². The van der Waals surface area contributed by atoms with Crippen LogP contribution in [0.1, 0.15) is 48.0 Å². The number of aryl methyl sites for hydroxylation is 2. The fourth-order valence-corrected chi connectivity index (χ4v) is 4.81. The first-order valence-electron chi connectivity index (χ1n) is 13.1. The van der Waals surface area contributed by atoms with Crippen molar-refractivity contribution in [1.29, 1.82) is 0 Å². The van der Waals surface area contributed by atoms with Crippen molar-refractivity contribution in [3.05, 3.63) is 127 Å². The number of aromatic amines is 1. The van der Waals surface area contributed by atoms with E-state index in [-0.39, 0.29) is 30.1 Å². The first kappa shape index (κ1) is 29.6. The Balaban J connectivity index is 0.00000387. The van der Waals surface area contributed by atoms with Crippen molar-refractivity contribution in [3.63, 3.8) is 0 Å². The lowest BCUT2D eigenvalue weighted by molar-refractivity contribution is 0.388. The summed E-state index contributed by atoms with van der Waals surface area (Å²) in [5, 5.41) is 3.81. The maximum atomic E-state index is 14.4. The Kier molecular flexibility index (Phi) is 9.29. The molecule has 0 radical (unpaired) electrons. The van der Waals surface area contributed by atoms with Gasteiger partial charge in [0.25, 0.3) is 5.56 Å². The highest BCUT2D eigenvalue weighted by atomic mass is 35.5. The van der Waals surface area contributed by atoms with Crippen molar-refractivity contribution in [1.82, 2.24) is 19.7 Å². The van der Waals surface area contributed by atoms with E-state index in [9.17, 15) is 18.4 Å². The lowest BCUT2D eigenvalue weighted by atomic mass is 9.96. The highest BCUT2D eigenvalue weighted by molar-refractivity contribution is 5.85. The molecule has 5 aromatic rings. The minimum absolute atomic E-state index is 0. The van der Waals surface area contributed by atoms with Gasteiger partial charge in [0.05, 0.1) is 12.2 Å². The van der Waals surface area contributed by atoms with Gasteiger partial charge in [0.1, 0.15) is 17.5 Å². The quantitative estimate of drug-likeness (QED) is 0.223. The average molecular weight is 579 g/mol. The highest BCUT2D eigenvalue weighted by Gasteiger charge is 2.18. The van der Waals surface area contributed by atoms with Crippen LogP contribution in [0.5, 0.6) is 0 Å². The van der Waals surface area contributed by atoms with Crippen molar-refractivity contribution in [2.75, 3.05) is 0 Å². The Bertz CT molecular complexity index is 1760. The predicted molar refractivity (Wildman–Crippen MR) is 155 cm³/mol. The van der Waals surface area contributed by atoms with E-state index in [1.54, 1.807) is 6.92 Å². The van der Waals surface area contributed by atoms with Gasteiger partial charge in [0.15, 0.2) is 5.82 Å². The van der Waals surface area contributed by atoms with Gasteiger partial charge in [-0.15, -0.1) is 12.4 Å². The van der Waals surface area contributed by atoms with E-state index >= 15 is 0 Å². The molecule has 0 aliphatic heterocycles. The molecule has 0 aliphatic rings. The Morgan fingerprint density at radius 2 is 1.59 bits per heavy atom. The summed E-state index contributed by atoms with van der Waals surface area (Å²) in [5.74, 6) is -1.28. The molecule has 0 bridgehead atoms. The van der Waals surface area contributed by atoms with E-state index in [1.807, 2.05) is 48.5 Å². The number of H-pyrrole nitrogens is 1. The molecule has 0 amide bonds. The standard InChI is InChI=1S/C31H28F2N4O3.ClH/c1-3-4-12-28-24(30(38)37(19(2)34-28)18-25-26(32)10-7-11-27(25)33)17-20-13-15-21(16-14-20)22-8-5-6-9-23(22)29-35-31(39)40-36-29;/h5-11,13-16H,3-4,12,17-18H2,1-2H3,(H,35,36,39);1H. The van der Waals surface area contributed by atoms with E-state index in [4.69, 9.17) is 4.98 Å². The molecule has 5 rings (SSSR count). The van der Waals surface area contributed by atoms with Crippen molar-refractivity contribution >= 4 is 12.4 Å². The predicted octanol–water partition coefficient (Wildman–Crippen LogP) is 6.24. The molecule has 1 N–H and O–H groups in total. The third-order valence-corrected chi connectivity index (χ3v) is 6.95. The Morgan fingerprint density at radius 1 is 0.902 bits per heavy atom. The summed E-state index contributed by atoms with van der Waals surface area (Å²) in [4.78, 5) is 32.5. The van der Waals surface area contributed by atoms with Crippen LogP contribution in [0.15, 0.2) is 80.8 Å². The van der Waals surface area contributed by atoms with Gasteiger partial charge in [-0.2, -0.15) is 0 Å². The number of rotatable bonds is 9. The van der Waals surface area contributed by atoms with E-state index in [0.717, 1.165) is 29.5 Å². The van der Waals surface area contributed by atoms with Crippen LogP contribution in [0.25, 0.3) is 22.5 Å². The summed E-state index contributed by atoms with van der Waals surface area (Å²) in [5.41, 5.74) is 4.11. The lowest BCUT2D eigenvalue weighted by Crippen LogP contribution is -2.30. The number of nitrogens with zero attached hydrogens (tertiary/aromatic N) is 3. The zero-order valence-electron chi connectivity index (χ0n) is 22.6. The summed E-state index contributed by atoms with van der Waals surface area (Å²) >= 11 is 0. The van der Waals surface area contributed by atoms with E-state index < -0.39 is 17.4 Å². The summed E-state index contributed by atoms with van der Waals surface area (Å²) in [6, 6.07) is 18.9. The zero-order valence-corrected chi connectivity index (χ0v) is 23.4. The largest absolute Gasteiger partial charge is 0.439 e. The van der Waals surface area contributed by atoms with Crippen LogP contribution in [0.3, 0.4) is 0 Å². The number of hydrogen-bond donors (Lipinski definition) is 1. The number of hydrogen-bond acceptors (Lipinski definition) is 5. The number of nitrogens with one attached hydrogen (secondary N) is 1. The molecule has 0 saturated carbocycles. The van der Waals surface area contributed by atoms with E-state index in [1.165, 1.54) is 22.8 Å². The van der Waals surface area contributed by atoms with Crippen LogP contribution in [-0.2, 0) is 19.4 Å². The molecule has 10 heteroatoms. The normalized spacial score (nSPS) is 10.9. The van der Waals surface area contributed by atoms with Crippen molar-refractivity contribution in [3.8, 4) is 22.5 Å². The molecule has 0 spiro atoms. The Labute approximate surface area is 241 Å². The monoisotopic (exact) mass is 578 g/mol. The van der Waals surface area contributed by atoms with Gasteiger partial charge >= 0.3 is 5.76 Å². The van der Waals surface area contributed by atoms with Crippen LogP contribution < -0.4 is 11.3 Å². The minimum Gasteiger partial charge on any atom is -0.296 e. The minimum atomic E-state index is -0.700. The fourth-order valence-electron chi connectivity index (χ4n) is 4.81. The van der Waals surface area contributed by atoms with E-state index in [0.29, 0.717) is 41.3 Å². The topological polar surface area (TPSA) is 93.8 Å². The second kappa shape index (κ2) is 12.9. The second-order valence-electron chi connectivity index (χ2n) is 9.64. The molecule has 7 nitrogen and oxygen atoms in total. The third kappa shape index (κ3) is 6.36. The third-order valence-electron chi connectivity index (χ3n) is 6.95. The Hall–Kier alpha value is -4.37.